The SMILES string of the molecule is Cc1c(O)cccc1C(=O)NCC(C)O. The predicted molar refractivity (Wildman–Crippen MR) is 56.9 cm³/mol. The number of carbonyl (C=O) groups excluding carboxylic acids is 1. The van der Waals surface area contributed by atoms with E-state index in [1.54, 1.807) is 26.0 Å². The summed E-state index contributed by atoms with van der Waals surface area (Å²) in [6.07, 6.45) is -0.577. The summed E-state index contributed by atoms with van der Waals surface area (Å²) in [5, 5.41) is 21.0. The van der Waals surface area contributed by atoms with Gasteiger partial charge in [-0.1, -0.05) is 6.07 Å². The van der Waals surface area contributed by atoms with Gasteiger partial charge in [0.1, 0.15) is 5.75 Å². The van der Waals surface area contributed by atoms with Crippen LogP contribution in [0.4, 0.5) is 0 Å². The number of phenolic OH excluding ortho intramolecular Hbond substituents is 1. The zero-order chi connectivity index (χ0) is 11.4. The summed E-state index contributed by atoms with van der Waals surface area (Å²) in [5.41, 5.74) is 0.969. The molecule has 0 bridgehead atoms. The van der Waals surface area contributed by atoms with Gasteiger partial charge >= 0.3 is 0 Å². The molecule has 0 aromatic heterocycles. The Labute approximate surface area is 88.6 Å². The molecule has 1 aromatic carbocycles. The summed E-state index contributed by atoms with van der Waals surface area (Å²) in [5.74, 6) is -0.191. The Morgan fingerprint density at radius 3 is 2.80 bits per heavy atom. The minimum Gasteiger partial charge on any atom is -0.508 e. The number of phenols is 1. The van der Waals surface area contributed by atoms with Crippen LogP contribution in [0.2, 0.25) is 0 Å². The van der Waals surface area contributed by atoms with Crippen LogP contribution in [0.1, 0.15) is 22.8 Å². The summed E-state index contributed by atoms with van der Waals surface area (Å²) in [4.78, 5) is 11.6. The molecule has 1 aromatic rings. The Hall–Kier alpha value is -1.55. The lowest BCUT2D eigenvalue weighted by molar-refractivity contribution is 0.0923. The third-order valence-electron chi connectivity index (χ3n) is 2.11. The highest BCUT2D eigenvalue weighted by atomic mass is 16.3. The van der Waals surface area contributed by atoms with Crippen LogP contribution in [-0.2, 0) is 0 Å². The Morgan fingerprint density at radius 2 is 2.20 bits per heavy atom. The molecule has 0 heterocycles. The number of aliphatic hydroxyl groups excluding tert-OH is 1. The largest absolute Gasteiger partial charge is 0.508 e. The van der Waals surface area contributed by atoms with Crippen molar-refractivity contribution in [1.82, 2.24) is 5.32 Å². The molecule has 0 saturated heterocycles. The molecule has 0 aliphatic rings. The second-order valence-electron chi connectivity index (χ2n) is 3.51. The van der Waals surface area contributed by atoms with Crippen LogP contribution in [0.25, 0.3) is 0 Å². The minimum absolute atomic E-state index is 0.0969. The number of hydrogen-bond acceptors (Lipinski definition) is 3. The molecule has 1 unspecified atom stereocenters. The van der Waals surface area contributed by atoms with Crippen LogP contribution in [0.15, 0.2) is 18.2 Å². The third-order valence-corrected chi connectivity index (χ3v) is 2.11. The standard InChI is InChI=1S/C11H15NO3/c1-7(13)6-12-11(15)9-4-3-5-10(14)8(9)2/h3-5,7,13-14H,6H2,1-2H3,(H,12,15). The fourth-order valence-electron chi connectivity index (χ4n) is 1.21. The van der Waals surface area contributed by atoms with Crippen LogP contribution in [0, 0.1) is 6.92 Å². The van der Waals surface area contributed by atoms with E-state index < -0.39 is 6.10 Å². The highest BCUT2D eigenvalue weighted by Gasteiger charge is 2.11. The fraction of sp³-hybridized carbons (Fsp3) is 0.364. The van der Waals surface area contributed by atoms with E-state index in [0.717, 1.165) is 0 Å². The number of amides is 1. The Kier molecular flexibility index (Phi) is 3.68. The van der Waals surface area contributed by atoms with Crippen LogP contribution in [-0.4, -0.2) is 28.8 Å². The van der Waals surface area contributed by atoms with Gasteiger partial charge in [-0.3, -0.25) is 4.79 Å². The molecule has 0 aliphatic heterocycles. The highest BCUT2D eigenvalue weighted by Crippen LogP contribution is 2.19. The fourth-order valence-corrected chi connectivity index (χ4v) is 1.21. The van der Waals surface area contributed by atoms with Crippen molar-refractivity contribution in [1.29, 1.82) is 0 Å². The molecular formula is C11H15NO3. The van der Waals surface area contributed by atoms with Crippen molar-refractivity contribution in [2.24, 2.45) is 0 Å². The van der Waals surface area contributed by atoms with E-state index in [-0.39, 0.29) is 18.2 Å². The number of nitrogens with one attached hydrogen (secondary N) is 1. The van der Waals surface area contributed by atoms with Crippen LogP contribution in [0.3, 0.4) is 0 Å². The first-order chi connectivity index (χ1) is 7.02. The van der Waals surface area contributed by atoms with E-state index in [1.165, 1.54) is 6.07 Å². The Morgan fingerprint density at radius 1 is 1.53 bits per heavy atom. The molecule has 82 valence electrons. The zero-order valence-corrected chi connectivity index (χ0v) is 8.82. The highest BCUT2D eigenvalue weighted by molar-refractivity contribution is 5.96. The number of carbonyl (C=O) groups is 1. The average molecular weight is 209 g/mol. The second-order valence-corrected chi connectivity index (χ2v) is 3.51. The van der Waals surface area contributed by atoms with Gasteiger partial charge in [0, 0.05) is 17.7 Å². The molecular weight excluding hydrogens is 194 g/mol. The second kappa shape index (κ2) is 4.79. The first kappa shape index (κ1) is 11.5. The van der Waals surface area contributed by atoms with Crippen molar-refractivity contribution >= 4 is 5.91 Å². The molecule has 4 nitrogen and oxygen atoms in total. The van der Waals surface area contributed by atoms with Crippen molar-refractivity contribution in [3.63, 3.8) is 0 Å². The van der Waals surface area contributed by atoms with Crippen molar-refractivity contribution in [2.75, 3.05) is 6.54 Å². The lowest BCUT2D eigenvalue weighted by Crippen LogP contribution is -2.30. The maximum atomic E-state index is 11.6. The summed E-state index contributed by atoms with van der Waals surface area (Å²) < 4.78 is 0. The Bertz CT molecular complexity index is 361. The first-order valence-corrected chi connectivity index (χ1v) is 4.77. The van der Waals surface area contributed by atoms with E-state index in [9.17, 15) is 9.90 Å². The van der Waals surface area contributed by atoms with E-state index in [4.69, 9.17) is 5.11 Å². The molecule has 0 saturated carbocycles. The maximum absolute atomic E-state index is 11.6. The van der Waals surface area contributed by atoms with Gasteiger partial charge in [0.05, 0.1) is 6.10 Å². The zero-order valence-electron chi connectivity index (χ0n) is 8.82. The van der Waals surface area contributed by atoms with E-state index >= 15 is 0 Å². The van der Waals surface area contributed by atoms with Gasteiger partial charge in [0.15, 0.2) is 0 Å². The topological polar surface area (TPSA) is 69.6 Å². The van der Waals surface area contributed by atoms with Crippen molar-refractivity contribution < 1.29 is 15.0 Å². The van der Waals surface area contributed by atoms with E-state index in [0.29, 0.717) is 11.1 Å². The van der Waals surface area contributed by atoms with Crippen LogP contribution >= 0.6 is 0 Å². The quantitative estimate of drug-likeness (QED) is 0.690. The molecule has 1 atom stereocenters. The number of aromatic hydroxyl groups is 1. The summed E-state index contributed by atoms with van der Waals surface area (Å²) in [6, 6.07) is 4.77. The first-order valence-electron chi connectivity index (χ1n) is 4.77. The van der Waals surface area contributed by atoms with Gasteiger partial charge < -0.3 is 15.5 Å². The molecule has 0 spiro atoms. The number of aliphatic hydroxyl groups is 1. The molecule has 3 N–H and O–H groups in total. The Balaban J connectivity index is 2.78. The van der Waals surface area contributed by atoms with Gasteiger partial charge in [-0.25, -0.2) is 0 Å². The smallest absolute Gasteiger partial charge is 0.251 e. The van der Waals surface area contributed by atoms with Crippen molar-refractivity contribution in [2.45, 2.75) is 20.0 Å². The normalized spacial score (nSPS) is 12.2. The van der Waals surface area contributed by atoms with E-state index in [1.807, 2.05) is 0 Å². The van der Waals surface area contributed by atoms with Gasteiger partial charge in [-0.2, -0.15) is 0 Å². The monoisotopic (exact) mass is 209 g/mol. The molecule has 1 amide bonds. The molecule has 0 aliphatic carbocycles. The van der Waals surface area contributed by atoms with Crippen molar-refractivity contribution in [3.05, 3.63) is 29.3 Å². The minimum atomic E-state index is -0.577. The molecule has 0 radical (unpaired) electrons. The van der Waals surface area contributed by atoms with Gasteiger partial charge in [-0.05, 0) is 26.0 Å². The van der Waals surface area contributed by atoms with E-state index in [2.05, 4.69) is 5.32 Å². The number of hydrogen-bond donors (Lipinski definition) is 3. The van der Waals surface area contributed by atoms with Crippen LogP contribution in [0.5, 0.6) is 5.75 Å². The average Bonchev–Trinajstić information content (AvgIpc) is 2.18. The number of benzene rings is 1. The van der Waals surface area contributed by atoms with Gasteiger partial charge in [0.25, 0.3) is 5.91 Å². The molecule has 15 heavy (non-hydrogen) atoms. The summed E-state index contributed by atoms with van der Waals surface area (Å²) >= 11 is 0. The third kappa shape index (κ3) is 2.95. The van der Waals surface area contributed by atoms with Gasteiger partial charge in [-0.15, -0.1) is 0 Å². The summed E-state index contributed by atoms with van der Waals surface area (Å²) in [7, 11) is 0. The lowest BCUT2D eigenvalue weighted by atomic mass is 10.1. The predicted octanol–water partition coefficient (Wildman–Crippen LogP) is 0.811. The molecule has 4 heteroatoms. The molecule has 0 fully saturated rings. The molecule has 1 rings (SSSR count). The van der Waals surface area contributed by atoms with Crippen LogP contribution < -0.4 is 5.32 Å². The lowest BCUT2D eigenvalue weighted by Gasteiger charge is -2.09. The van der Waals surface area contributed by atoms with Gasteiger partial charge in [0.2, 0.25) is 0 Å². The van der Waals surface area contributed by atoms with Crippen molar-refractivity contribution in [3.8, 4) is 5.75 Å². The summed E-state index contributed by atoms with van der Waals surface area (Å²) in [6.45, 7) is 3.47. The maximum Gasteiger partial charge on any atom is 0.251 e. The number of rotatable bonds is 3.